The van der Waals surface area contributed by atoms with Crippen LogP contribution < -0.4 is 11.1 Å². The van der Waals surface area contributed by atoms with Crippen molar-refractivity contribution in [3.63, 3.8) is 0 Å². The lowest BCUT2D eigenvalue weighted by Gasteiger charge is -2.17. The van der Waals surface area contributed by atoms with Crippen LogP contribution >= 0.6 is 11.6 Å². The molecule has 0 spiro atoms. The second kappa shape index (κ2) is 5.82. The molecule has 1 heterocycles. The van der Waals surface area contributed by atoms with Crippen LogP contribution in [-0.4, -0.2) is 16.9 Å². The predicted octanol–water partition coefficient (Wildman–Crippen LogP) is 2.05. The fraction of sp³-hybridized carbons (Fsp3) is 0.455. The van der Waals surface area contributed by atoms with E-state index in [2.05, 4.69) is 10.3 Å². The van der Waals surface area contributed by atoms with E-state index in [1.165, 1.54) is 6.20 Å². The van der Waals surface area contributed by atoms with Gasteiger partial charge in [-0.2, -0.15) is 0 Å². The van der Waals surface area contributed by atoms with Crippen LogP contribution in [0.3, 0.4) is 0 Å². The highest BCUT2D eigenvalue weighted by Crippen LogP contribution is 2.13. The minimum absolute atomic E-state index is 0.150. The number of nitrogens with zero attached hydrogens (tertiary/aromatic N) is 1. The Labute approximate surface area is 100 Å². The van der Waals surface area contributed by atoms with E-state index in [4.69, 9.17) is 17.3 Å². The zero-order chi connectivity index (χ0) is 12.1. The Kier molecular flexibility index (Phi) is 4.71. The number of nitrogens with two attached hydrogens (primary N) is 1. The Hall–Kier alpha value is -1.13. The summed E-state index contributed by atoms with van der Waals surface area (Å²) in [6.07, 6.45) is 2.40. The summed E-state index contributed by atoms with van der Waals surface area (Å²) >= 11 is 5.70. The molecule has 0 aliphatic carbocycles. The highest BCUT2D eigenvalue weighted by atomic mass is 35.5. The van der Waals surface area contributed by atoms with E-state index in [0.29, 0.717) is 10.8 Å². The first-order valence-electron chi connectivity index (χ1n) is 5.22. The average molecular weight is 242 g/mol. The standard InChI is InChI=1S/C11H16ClN3O/c1-3-7(2)10(13)11(16)15-8-4-5-14-9(12)6-8/h4-7,10H,3,13H2,1-2H3,(H,14,15,16)/t7-,10-/m0/s1. The Balaban J connectivity index is 2.64. The summed E-state index contributed by atoms with van der Waals surface area (Å²) < 4.78 is 0. The number of aromatic nitrogens is 1. The van der Waals surface area contributed by atoms with Gasteiger partial charge in [0.2, 0.25) is 5.91 Å². The Morgan fingerprint density at radius 2 is 2.38 bits per heavy atom. The molecule has 1 aromatic rings. The van der Waals surface area contributed by atoms with Gasteiger partial charge in [0.05, 0.1) is 6.04 Å². The van der Waals surface area contributed by atoms with E-state index >= 15 is 0 Å². The monoisotopic (exact) mass is 241 g/mol. The van der Waals surface area contributed by atoms with Gasteiger partial charge < -0.3 is 11.1 Å². The summed E-state index contributed by atoms with van der Waals surface area (Å²) in [5.41, 5.74) is 6.41. The van der Waals surface area contributed by atoms with Crippen molar-refractivity contribution < 1.29 is 4.79 Å². The molecule has 1 amide bonds. The Morgan fingerprint density at radius 1 is 1.69 bits per heavy atom. The van der Waals surface area contributed by atoms with Crippen molar-refractivity contribution in [3.8, 4) is 0 Å². The van der Waals surface area contributed by atoms with Crippen LogP contribution in [0.4, 0.5) is 5.69 Å². The second-order valence-corrected chi connectivity index (χ2v) is 4.16. The first-order valence-corrected chi connectivity index (χ1v) is 5.60. The van der Waals surface area contributed by atoms with Crippen LogP contribution in [0.2, 0.25) is 5.15 Å². The fourth-order valence-corrected chi connectivity index (χ4v) is 1.39. The number of anilines is 1. The van der Waals surface area contributed by atoms with Crippen LogP contribution in [0.15, 0.2) is 18.3 Å². The van der Waals surface area contributed by atoms with Gasteiger partial charge in [-0.3, -0.25) is 4.79 Å². The molecule has 4 nitrogen and oxygen atoms in total. The summed E-state index contributed by atoms with van der Waals surface area (Å²) in [6, 6.07) is 2.76. The van der Waals surface area contributed by atoms with Gasteiger partial charge in [0.25, 0.3) is 0 Å². The summed E-state index contributed by atoms with van der Waals surface area (Å²) in [5, 5.41) is 3.05. The van der Waals surface area contributed by atoms with Crippen molar-refractivity contribution >= 4 is 23.2 Å². The number of rotatable bonds is 4. The highest BCUT2D eigenvalue weighted by Gasteiger charge is 2.19. The molecule has 88 valence electrons. The number of hydrogen-bond acceptors (Lipinski definition) is 3. The third-order valence-electron chi connectivity index (χ3n) is 2.55. The Morgan fingerprint density at radius 3 is 2.94 bits per heavy atom. The van der Waals surface area contributed by atoms with E-state index in [-0.39, 0.29) is 11.8 Å². The topological polar surface area (TPSA) is 68.0 Å². The van der Waals surface area contributed by atoms with Gasteiger partial charge in [-0.1, -0.05) is 31.9 Å². The van der Waals surface area contributed by atoms with E-state index < -0.39 is 6.04 Å². The molecule has 5 heteroatoms. The zero-order valence-corrected chi connectivity index (χ0v) is 10.2. The predicted molar refractivity (Wildman–Crippen MR) is 65.3 cm³/mol. The number of carbonyl (C=O) groups is 1. The van der Waals surface area contributed by atoms with Gasteiger partial charge in [-0.05, 0) is 18.1 Å². The molecule has 0 bridgehead atoms. The number of carbonyl (C=O) groups excluding carboxylic acids is 1. The van der Waals surface area contributed by atoms with Crippen molar-refractivity contribution in [1.82, 2.24) is 4.98 Å². The van der Waals surface area contributed by atoms with Crippen LogP contribution in [0.1, 0.15) is 20.3 Å². The maximum absolute atomic E-state index is 11.7. The quantitative estimate of drug-likeness (QED) is 0.793. The summed E-state index contributed by atoms with van der Waals surface area (Å²) in [7, 11) is 0. The van der Waals surface area contributed by atoms with Crippen molar-refractivity contribution in [2.75, 3.05) is 5.32 Å². The molecule has 1 aromatic heterocycles. The van der Waals surface area contributed by atoms with E-state index in [1.807, 2.05) is 13.8 Å². The van der Waals surface area contributed by atoms with E-state index in [1.54, 1.807) is 12.1 Å². The summed E-state index contributed by atoms with van der Waals surface area (Å²) in [4.78, 5) is 15.6. The minimum atomic E-state index is -0.503. The third kappa shape index (κ3) is 3.47. The maximum Gasteiger partial charge on any atom is 0.241 e. The molecular formula is C11H16ClN3O. The molecule has 0 saturated heterocycles. The largest absolute Gasteiger partial charge is 0.325 e. The summed E-state index contributed by atoms with van der Waals surface area (Å²) in [5.74, 6) is -0.0473. The first kappa shape index (κ1) is 12.9. The molecule has 3 N–H and O–H groups in total. The number of hydrogen-bond donors (Lipinski definition) is 2. The molecule has 2 atom stereocenters. The maximum atomic E-state index is 11.7. The second-order valence-electron chi connectivity index (χ2n) is 3.77. The number of pyridine rings is 1. The third-order valence-corrected chi connectivity index (χ3v) is 2.76. The van der Waals surface area contributed by atoms with Gasteiger partial charge in [-0.25, -0.2) is 4.98 Å². The van der Waals surface area contributed by atoms with Gasteiger partial charge in [0.1, 0.15) is 5.15 Å². The zero-order valence-electron chi connectivity index (χ0n) is 9.40. The van der Waals surface area contributed by atoms with E-state index in [0.717, 1.165) is 6.42 Å². The molecule has 0 unspecified atom stereocenters. The summed E-state index contributed by atoms with van der Waals surface area (Å²) in [6.45, 7) is 3.95. The molecular weight excluding hydrogens is 226 g/mol. The van der Waals surface area contributed by atoms with Gasteiger partial charge in [-0.15, -0.1) is 0 Å². The molecule has 0 saturated carbocycles. The van der Waals surface area contributed by atoms with Crippen LogP contribution in [0.25, 0.3) is 0 Å². The molecule has 1 rings (SSSR count). The SMILES string of the molecule is CC[C@H](C)[C@H](N)C(=O)Nc1ccnc(Cl)c1. The van der Waals surface area contributed by atoms with Crippen molar-refractivity contribution in [2.45, 2.75) is 26.3 Å². The lowest BCUT2D eigenvalue weighted by molar-refractivity contribution is -0.118. The van der Waals surface area contributed by atoms with Crippen molar-refractivity contribution in [3.05, 3.63) is 23.5 Å². The molecule has 0 aliphatic rings. The van der Waals surface area contributed by atoms with Crippen LogP contribution in [-0.2, 0) is 4.79 Å². The normalized spacial score (nSPS) is 14.2. The molecule has 0 radical (unpaired) electrons. The van der Waals surface area contributed by atoms with Gasteiger partial charge in [0, 0.05) is 11.9 Å². The van der Waals surface area contributed by atoms with E-state index in [9.17, 15) is 4.79 Å². The fourth-order valence-electron chi connectivity index (χ4n) is 1.22. The van der Waals surface area contributed by atoms with Gasteiger partial charge in [0.15, 0.2) is 0 Å². The smallest absolute Gasteiger partial charge is 0.241 e. The number of amides is 1. The first-order chi connectivity index (χ1) is 7.54. The highest BCUT2D eigenvalue weighted by molar-refractivity contribution is 6.29. The molecule has 0 aromatic carbocycles. The molecule has 16 heavy (non-hydrogen) atoms. The lowest BCUT2D eigenvalue weighted by atomic mass is 9.99. The van der Waals surface area contributed by atoms with Crippen molar-refractivity contribution in [1.29, 1.82) is 0 Å². The minimum Gasteiger partial charge on any atom is -0.325 e. The number of nitrogens with one attached hydrogen (secondary N) is 1. The van der Waals surface area contributed by atoms with Crippen LogP contribution in [0, 0.1) is 5.92 Å². The van der Waals surface area contributed by atoms with Gasteiger partial charge >= 0.3 is 0 Å². The molecule has 0 aliphatic heterocycles. The number of halogens is 1. The average Bonchev–Trinajstić information content (AvgIpc) is 2.27. The van der Waals surface area contributed by atoms with Crippen LogP contribution in [0.5, 0.6) is 0 Å². The van der Waals surface area contributed by atoms with Crippen molar-refractivity contribution in [2.24, 2.45) is 11.7 Å². The lowest BCUT2D eigenvalue weighted by Crippen LogP contribution is -2.40. The Bertz CT molecular complexity index is 370. The molecule has 0 fully saturated rings.